The molecule has 0 saturated carbocycles. The first kappa shape index (κ1) is 9.79. The van der Waals surface area contributed by atoms with Gasteiger partial charge in [-0.25, -0.2) is 15.3 Å². The van der Waals surface area contributed by atoms with E-state index < -0.39 is 6.03 Å². The fourth-order valence-corrected chi connectivity index (χ4v) is 1.53. The summed E-state index contributed by atoms with van der Waals surface area (Å²) in [6.45, 7) is 2.33. The Bertz CT molecular complexity index is 355. The van der Waals surface area contributed by atoms with Gasteiger partial charge < -0.3 is 0 Å². The van der Waals surface area contributed by atoms with Gasteiger partial charge in [0.05, 0.1) is 18.3 Å². The van der Waals surface area contributed by atoms with Gasteiger partial charge >= 0.3 is 6.03 Å². The number of hydrogen-bond donors (Lipinski definition) is 2. The number of nitrogens with one attached hydrogen (secondary N) is 1. The van der Waals surface area contributed by atoms with Crippen molar-refractivity contribution in [3.63, 3.8) is 0 Å². The summed E-state index contributed by atoms with van der Waals surface area (Å²) < 4.78 is 0. The van der Waals surface area contributed by atoms with Crippen LogP contribution in [0.4, 0.5) is 10.5 Å². The fraction of sp³-hybridized carbons (Fsp3) is 0.300. The average molecular weight is 207 g/mol. The molecule has 1 aliphatic rings. The lowest BCUT2D eigenvalue weighted by molar-refractivity contribution is -0.0795. The summed E-state index contributed by atoms with van der Waals surface area (Å²) >= 11 is 0. The van der Waals surface area contributed by atoms with Crippen LogP contribution in [0.2, 0.25) is 0 Å². The zero-order valence-electron chi connectivity index (χ0n) is 8.42. The second-order valence-corrected chi connectivity index (χ2v) is 3.56. The molecule has 1 atom stereocenters. The Morgan fingerprint density at radius 1 is 1.40 bits per heavy atom. The minimum atomic E-state index is -0.502. The molecule has 1 unspecified atom stereocenters. The number of carbonyl (C=O) groups excluding carboxylic acids is 1. The third-order valence-electron chi connectivity index (χ3n) is 2.37. The van der Waals surface area contributed by atoms with Gasteiger partial charge in [-0.1, -0.05) is 18.2 Å². The van der Waals surface area contributed by atoms with E-state index in [2.05, 4.69) is 5.43 Å². The van der Waals surface area contributed by atoms with Crippen molar-refractivity contribution in [1.29, 1.82) is 0 Å². The van der Waals surface area contributed by atoms with Crippen LogP contribution in [0.1, 0.15) is 6.92 Å². The molecule has 1 aromatic rings. The molecule has 1 heterocycles. The number of carbonyl (C=O) groups is 1. The van der Waals surface area contributed by atoms with Crippen LogP contribution in [0, 0.1) is 0 Å². The third kappa shape index (κ3) is 1.87. The van der Waals surface area contributed by atoms with Crippen molar-refractivity contribution in [2.45, 2.75) is 13.0 Å². The number of hydrazine groups is 1. The predicted molar refractivity (Wildman–Crippen MR) is 55.4 cm³/mol. The summed E-state index contributed by atoms with van der Waals surface area (Å²) in [7, 11) is 0. The topological polar surface area (TPSA) is 55.8 Å². The SMILES string of the molecule is CC1CN(c2ccccc2)NC(=O)N1O. The fourth-order valence-electron chi connectivity index (χ4n) is 1.53. The molecule has 1 aliphatic heterocycles. The van der Waals surface area contributed by atoms with E-state index in [1.54, 1.807) is 11.9 Å². The predicted octanol–water partition coefficient (Wildman–Crippen LogP) is 1.21. The molecule has 2 amide bonds. The maximum atomic E-state index is 11.3. The highest BCUT2D eigenvalue weighted by molar-refractivity contribution is 5.76. The van der Waals surface area contributed by atoms with Crippen LogP contribution < -0.4 is 10.4 Å². The zero-order valence-corrected chi connectivity index (χ0v) is 8.42. The average Bonchev–Trinajstić information content (AvgIpc) is 2.26. The van der Waals surface area contributed by atoms with Crippen molar-refractivity contribution in [2.24, 2.45) is 0 Å². The van der Waals surface area contributed by atoms with Crippen LogP contribution in [-0.4, -0.2) is 28.9 Å². The number of urea groups is 1. The Hall–Kier alpha value is -1.75. The van der Waals surface area contributed by atoms with Gasteiger partial charge in [-0.05, 0) is 19.1 Å². The molecule has 1 aromatic carbocycles. The number of amides is 2. The Labute approximate surface area is 87.8 Å². The quantitative estimate of drug-likeness (QED) is 0.680. The molecular weight excluding hydrogens is 194 g/mol. The van der Waals surface area contributed by atoms with Crippen LogP contribution in [0.15, 0.2) is 30.3 Å². The normalized spacial score (nSPS) is 21.5. The van der Waals surface area contributed by atoms with Crippen molar-refractivity contribution in [1.82, 2.24) is 10.5 Å². The maximum Gasteiger partial charge on any atom is 0.360 e. The Kier molecular flexibility index (Phi) is 2.47. The molecule has 80 valence electrons. The summed E-state index contributed by atoms with van der Waals surface area (Å²) in [6, 6.07) is 8.79. The largest absolute Gasteiger partial charge is 0.360 e. The molecule has 2 rings (SSSR count). The third-order valence-corrected chi connectivity index (χ3v) is 2.37. The van der Waals surface area contributed by atoms with Crippen molar-refractivity contribution < 1.29 is 10.0 Å². The minimum absolute atomic E-state index is 0.223. The van der Waals surface area contributed by atoms with Gasteiger partial charge in [0.2, 0.25) is 0 Å². The lowest BCUT2D eigenvalue weighted by Gasteiger charge is -2.37. The molecule has 5 nitrogen and oxygen atoms in total. The zero-order chi connectivity index (χ0) is 10.8. The number of hydroxylamine groups is 2. The Morgan fingerprint density at radius 2 is 2.07 bits per heavy atom. The summed E-state index contributed by atoms with van der Waals surface area (Å²) in [5.74, 6) is 0. The number of nitrogens with zero attached hydrogens (tertiary/aromatic N) is 2. The van der Waals surface area contributed by atoms with Gasteiger partial charge in [0, 0.05) is 0 Å². The van der Waals surface area contributed by atoms with Gasteiger partial charge in [-0.15, -0.1) is 0 Å². The van der Waals surface area contributed by atoms with Crippen molar-refractivity contribution >= 4 is 11.7 Å². The number of hydrogen-bond acceptors (Lipinski definition) is 3. The van der Waals surface area contributed by atoms with E-state index >= 15 is 0 Å². The van der Waals surface area contributed by atoms with Crippen molar-refractivity contribution in [2.75, 3.05) is 11.6 Å². The summed E-state index contributed by atoms with van der Waals surface area (Å²) in [5, 5.41) is 11.7. The first-order valence-corrected chi connectivity index (χ1v) is 4.80. The second-order valence-electron chi connectivity index (χ2n) is 3.56. The van der Waals surface area contributed by atoms with Gasteiger partial charge in [0.1, 0.15) is 0 Å². The highest BCUT2D eigenvalue weighted by Crippen LogP contribution is 2.15. The monoisotopic (exact) mass is 207 g/mol. The highest BCUT2D eigenvalue weighted by atomic mass is 16.5. The van der Waals surface area contributed by atoms with E-state index in [4.69, 9.17) is 0 Å². The van der Waals surface area contributed by atoms with Gasteiger partial charge in [0.25, 0.3) is 0 Å². The molecule has 0 spiro atoms. The summed E-state index contributed by atoms with van der Waals surface area (Å²) in [5.41, 5.74) is 3.49. The molecule has 0 radical (unpaired) electrons. The van der Waals surface area contributed by atoms with Crippen LogP contribution in [0.3, 0.4) is 0 Å². The molecular formula is C10H13N3O2. The van der Waals surface area contributed by atoms with Gasteiger partial charge in [0.15, 0.2) is 0 Å². The van der Waals surface area contributed by atoms with Crippen LogP contribution in [-0.2, 0) is 0 Å². The molecule has 15 heavy (non-hydrogen) atoms. The van der Waals surface area contributed by atoms with Crippen LogP contribution >= 0.6 is 0 Å². The summed E-state index contributed by atoms with van der Waals surface area (Å²) in [6.07, 6.45) is 0. The molecule has 5 heteroatoms. The van der Waals surface area contributed by atoms with E-state index in [0.29, 0.717) is 11.6 Å². The number of anilines is 1. The Morgan fingerprint density at radius 3 is 2.67 bits per heavy atom. The van der Waals surface area contributed by atoms with Crippen molar-refractivity contribution in [3.8, 4) is 0 Å². The van der Waals surface area contributed by atoms with E-state index in [1.807, 2.05) is 30.3 Å². The summed E-state index contributed by atoms with van der Waals surface area (Å²) in [4.78, 5) is 11.3. The van der Waals surface area contributed by atoms with E-state index in [-0.39, 0.29) is 6.04 Å². The molecule has 2 N–H and O–H groups in total. The van der Waals surface area contributed by atoms with Gasteiger partial charge in [-0.2, -0.15) is 0 Å². The highest BCUT2D eigenvalue weighted by Gasteiger charge is 2.28. The number of para-hydroxylation sites is 1. The smallest absolute Gasteiger partial charge is 0.284 e. The van der Waals surface area contributed by atoms with E-state index in [9.17, 15) is 10.0 Å². The first-order chi connectivity index (χ1) is 7.18. The molecule has 1 fully saturated rings. The van der Waals surface area contributed by atoms with Crippen LogP contribution in [0.5, 0.6) is 0 Å². The number of rotatable bonds is 1. The Balaban J connectivity index is 2.16. The number of benzene rings is 1. The van der Waals surface area contributed by atoms with Crippen molar-refractivity contribution in [3.05, 3.63) is 30.3 Å². The molecule has 1 saturated heterocycles. The van der Waals surface area contributed by atoms with Gasteiger partial charge in [-0.3, -0.25) is 10.2 Å². The van der Waals surface area contributed by atoms with E-state index in [1.165, 1.54) is 0 Å². The van der Waals surface area contributed by atoms with Crippen LogP contribution in [0.25, 0.3) is 0 Å². The second kappa shape index (κ2) is 3.78. The first-order valence-electron chi connectivity index (χ1n) is 4.80. The standard InChI is InChI=1S/C10H13N3O2/c1-8-7-12(11-10(14)13(8)15)9-5-3-2-4-6-9/h2-6,8,15H,7H2,1H3,(H,11,14). The lowest BCUT2D eigenvalue weighted by Crippen LogP contribution is -2.60. The maximum absolute atomic E-state index is 11.3. The molecule has 0 bridgehead atoms. The lowest BCUT2D eigenvalue weighted by atomic mass is 10.2. The molecule has 0 aliphatic carbocycles. The molecule has 0 aromatic heterocycles. The minimum Gasteiger partial charge on any atom is -0.284 e. The van der Waals surface area contributed by atoms with E-state index in [0.717, 1.165) is 5.69 Å².